The molecule has 100 valence electrons. The standard InChI is InChI=1S/C14H16FN3O/c15-12-4-1-2-5-13(12)17-14(19)10-18(9-3-8-16)11-6-7-11/h1-2,4-5,11H,3,6-7,9-10H2,(H,17,19). The fourth-order valence-electron chi connectivity index (χ4n) is 1.96. The first-order valence-corrected chi connectivity index (χ1v) is 6.36. The molecule has 5 heteroatoms. The lowest BCUT2D eigenvalue weighted by Gasteiger charge is -2.19. The fraction of sp³-hybridized carbons (Fsp3) is 0.429. The van der Waals surface area contributed by atoms with Crippen LogP contribution in [-0.2, 0) is 4.79 Å². The van der Waals surface area contributed by atoms with Crippen LogP contribution in [0.3, 0.4) is 0 Å². The van der Waals surface area contributed by atoms with Crippen LogP contribution in [-0.4, -0.2) is 29.9 Å². The van der Waals surface area contributed by atoms with Crippen molar-refractivity contribution in [3.63, 3.8) is 0 Å². The number of carbonyl (C=O) groups is 1. The third-order valence-electron chi connectivity index (χ3n) is 3.07. The van der Waals surface area contributed by atoms with Crippen molar-refractivity contribution in [1.82, 2.24) is 4.90 Å². The quantitative estimate of drug-likeness (QED) is 0.853. The van der Waals surface area contributed by atoms with Gasteiger partial charge in [-0.15, -0.1) is 0 Å². The molecule has 1 N–H and O–H groups in total. The molecule has 0 aliphatic heterocycles. The molecule has 1 aliphatic carbocycles. The summed E-state index contributed by atoms with van der Waals surface area (Å²) < 4.78 is 13.4. The van der Waals surface area contributed by atoms with Gasteiger partial charge in [-0.05, 0) is 25.0 Å². The molecule has 19 heavy (non-hydrogen) atoms. The summed E-state index contributed by atoms with van der Waals surface area (Å²) in [5, 5.41) is 11.2. The smallest absolute Gasteiger partial charge is 0.238 e. The highest BCUT2D eigenvalue weighted by molar-refractivity contribution is 5.92. The molecular formula is C14H16FN3O. The lowest BCUT2D eigenvalue weighted by Crippen LogP contribution is -2.35. The van der Waals surface area contributed by atoms with Gasteiger partial charge < -0.3 is 5.32 Å². The van der Waals surface area contributed by atoms with E-state index >= 15 is 0 Å². The van der Waals surface area contributed by atoms with Crippen LogP contribution in [0.25, 0.3) is 0 Å². The summed E-state index contributed by atoms with van der Waals surface area (Å²) in [6.07, 6.45) is 2.54. The van der Waals surface area contributed by atoms with Gasteiger partial charge in [0.25, 0.3) is 0 Å². The minimum Gasteiger partial charge on any atom is -0.322 e. The van der Waals surface area contributed by atoms with Crippen molar-refractivity contribution in [2.24, 2.45) is 0 Å². The second kappa shape index (κ2) is 6.30. The Balaban J connectivity index is 1.89. The lowest BCUT2D eigenvalue weighted by atomic mass is 10.3. The minimum atomic E-state index is -0.439. The molecule has 0 unspecified atom stereocenters. The van der Waals surface area contributed by atoms with Gasteiger partial charge in [0.1, 0.15) is 5.82 Å². The zero-order valence-corrected chi connectivity index (χ0v) is 10.6. The van der Waals surface area contributed by atoms with Crippen molar-refractivity contribution < 1.29 is 9.18 Å². The Morgan fingerprint density at radius 2 is 2.21 bits per heavy atom. The first-order chi connectivity index (χ1) is 9.20. The third-order valence-corrected chi connectivity index (χ3v) is 3.07. The summed E-state index contributed by atoms with van der Waals surface area (Å²) in [5.41, 5.74) is 0.198. The molecule has 1 fully saturated rings. The Labute approximate surface area is 111 Å². The average Bonchev–Trinajstić information content (AvgIpc) is 3.21. The molecule has 1 aromatic carbocycles. The molecule has 2 rings (SSSR count). The highest BCUT2D eigenvalue weighted by Gasteiger charge is 2.29. The molecule has 1 aromatic rings. The van der Waals surface area contributed by atoms with Crippen LogP contribution in [0.15, 0.2) is 24.3 Å². The Hall–Kier alpha value is -1.93. The van der Waals surface area contributed by atoms with E-state index in [0.29, 0.717) is 19.0 Å². The number of nitriles is 1. The van der Waals surface area contributed by atoms with Gasteiger partial charge in [-0.3, -0.25) is 9.69 Å². The van der Waals surface area contributed by atoms with Gasteiger partial charge in [0.05, 0.1) is 18.3 Å². The summed E-state index contributed by atoms with van der Waals surface area (Å²) in [4.78, 5) is 13.9. The first kappa shape index (κ1) is 13.5. The van der Waals surface area contributed by atoms with E-state index < -0.39 is 5.82 Å². The second-order valence-corrected chi connectivity index (χ2v) is 4.64. The van der Waals surface area contributed by atoms with E-state index in [1.54, 1.807) is 12.1 Å². The highest BCUT2D eigenvalue weighted by atomic mass is 19.1. The van der Waals surface area contributed by atoms with Crippen LogP contribution in [0.4, 0.5) is 10.1 Å². The molecule has 0 radical (unpaired) electrons. The van der Waals surface area contributed by atoms with Gasteiger partial charge in [0, 0.05) is 19.0 Å². The SMILES string of the molecule is N#CCCN(CC(=O)Nc1ccccc1F)C1CC1. The number of rotatable bonds is 6. The number of para-hydroxylation sites is 1. The largest absolute Gasteiger partial charge is 0.322 e. The van der Waals surface area contributed by atoms with Gasteiger partial charge in [-0.25, -0.2) is 4.39 Å². The van der Waals surface area contributed by atoms with Crippen molar-refractivity contribution in [2.75, 3.05) is 18.4 Å². The number of amides is 1. The molecule has 0 bridgehead atoms. The lowest BCUT2D eigenvalue weighted by molar-refractivity contribution is -0.117. The van der Waals surface area contributed by atoms with Gasteiger partial charge in [-0.2, -0.15) is 5.26 Å². The molecular weight excluding hydrogens is 245 g/mol. The van der Waals surface area contributed by atoms with Crippen molar-refractivity contribution in [3.8, 4) is 6.07 Å². The highest BCUT2D eigenvalue weighted by Crippen LogP contribution is 2.26. The topological polar surface area (TPSA) is 56.1 Å². The number of hydrogen-bond donors (Lipinski definition) is 1. The van der Waals surface area contributed by atoms with Gasteiger partial charge >= 0.3 is 0 Å². The number of nitrogens with one attached hydrogen (secondary N) is 1. The molecule has 4 nitrogen and oxygen atoms in total. The third kappa shape index (κ3) is 4.04. The maximum atomic E-state index is 13.4. The van der Waals surface area contributed by atoms with Crippen LogP contribution in [0.5, 0.6) is 0 Å². The van der Waals surface area contributed by atoms with Gasteiger partial charge in [0.15, 0.2) is 0 Å². The molecule has 0 heterocycles. The molecule has 1 aliphatic rings. The molecule has 0 spiro atoms. The van der Waals surface area contributed by atoms with Crippen LogP contribution in [0, 0.1) is 17.1 Å². The molecule has 0 aromatic heterocycles. The first-order valence-electron chi connectivity index (χ1n) is 6.36. The Bertz CT molecular complexity index is 494. The number of hydrogen-bond acceptors (Lipinski definition) is 3. The van der Waals surface area contributed by atoms with E-state index in [4.69, 9.17) is 5.26 Å². The van der Waals surface area contributed by atoms with Crippen molar-refractivity contribution in [3.05, 3.63) is 30.1 Å². The molecule has 1 saturated carbocycles. The van der Waals surface area contributed by atoms with Crippen LogP contribution < -0.4 is 5.32 Å². The van der Waals surface area contributed by atoms with E-state index in [2.05, 4.69) is 11.4 Å². The number of halogens is 1. The molecule has 1 amide bonds. The number of carbonyl (C=O) groups excluding carboxylic acids is 1. The number of nitrogens with zero attached hydrogens (tertiary/aromatic N) is 2. The van der Waals surface area contributed by atoms with Crippen LogP contribution in [0.1, 0.15) is 19.3 Å². The van der Waals surface area contributed by atoms with E-state index in [0.717, 1.165) is 12.8 Å². The predicted molar refractivity (Wildman–Crippen MR) is 69.9 cm³/mol. The Morgan fingerprint density at radius 1 is 1.47 bits per heavy atom. The Kier molecular flexibility index (Phi) is 4.48. The monoisotopic (exact) mass is 261 g/mol. The zero-order valence-electron chi connectivity index (χ0n) is 10.6. The Morgan fingerprint density at radius 3 is 2.84 bits per heavy atom. The fourth-order valence-corrected chi connectivity index (χ4v) is 1.96. The van der Waals surface area contributed by atoms with E-state index in [-0.39, 0.29) is 18.1 Å². The van der Waals surface area contributed by atoms with E-state index in [1.165, 1.54) is 12.1 Å². The summed E-state index contributed by atoms with van der Waals surface area (Å²) in [6.45, 7) is 0.798. The predicted octanol–water partition coefficient (Wildman–Crippen LogP) is 2.14. The number of anilines is 1. The summed E-state index contributed by atoms with van der Waals surface area (Å²) >= 11 is 0. The maximum Gasteiger partial charge on any atom is 0.238 e. The van der Waals surface area contributed by atoms with Crippen LogP contribution >= 0.6 is 0 Å². The maximum absolute atomic E-state index is 13.4. The second-order valence-electron chi connectivity index (χ2n) is 4.64. The van der Waals surface area contributed by atoms with Crippen molar-refractivity contribution >= 4 is 11.6 Å². The molecule has 0 atom stereocenters. The number of benzene rings is 1. The molecule has 0 saturated heterocycles. The van der Waals surface area contributed by atoms with Crippen molar-refractivity contribution in [1.29, 1.82) is 5.26 Å². The normalized spacial score (nSPS) is 14.2. The summed E-state index contributed by atoms with van der Waals surface area (Å²) in [7, 11) is 0. The van der Waals surface area contributed by atoms with Gasteiger partial charge in [0.2, 0.25) is 5.91 Å². The minimum absolute atomic E-state index is 0.198. The van der Waals surface area contributed by atoms with E-state index in [9.17, 15) is 9.18 Å². The van der Waals surface area contributed by atoms with Crippen molar-refractivity contribution in [2.45, 2.75) is 25.3 Å². The zero-order chi connectivity index (χ0) is 13.7. The van der Waals surface area contributed by atoms with E-state index in [1.807, 2.05) is 4.90 Å². The summed E-state index contributed by atoms with van der Waals surface area (Å²) in [6, 6.07) is 8.57. The van der Waals surface area contributed by atoms with Crippen LogP contribution in [0.2, 0.25) is 0 Å². The average molecular weight is 261 g/mol. The van der Waals surface area contributed by atoms with Gasteiger partial charge in [-0.1, -0.05) is 12.1 Å². The summed E-state index contributed by atoms with van der Waals surface area (Å²) in [5.74, 6) is -0.680.